The summed E-state index contributed by atoms with van der Waals surface area (Å²) in [4.78, 5) is 33.9. The van der Waals surface area contributed by atoms with Crippen molar-refractivity contribution < 1.29 is 23.9 Å². The van der Waals surface area contributed by atoms with Crippen LogP contribution in [-0.4, -0.2) is 48.5 Å². The molecule has 0 N–H and O–H groups in total. The first-order valence-corrected chi connectivity index (χ1v) is 5.14. The van der Waals surface area contributed by atoms with Gasteiger partial charge in [-0.25, -0.2) is 0 Å². The van der Waals surface area contributed by atoms with Crippen molar-refractivity contribution >= 4 is 28.9 Å². The van der Waals surface area contributed by atoms with E-state index in [-0.39, 0.29) is 26.3 Å². The van der Waals surface area contributed by atoms with Crippen molar-refractivity contribution in [3.63, 3.8) is 0 Å². The van der Waals surface area contributed by atoms with E-state index in [0.29, 0.717) is 0 Å². The Morgan fingerprint density at radius 3 is 1.62 bits per heavy atom. The third kappa shape index (κ3) is 6.23. The molecule has 0 aromatic carbocycles. The molecule has 0 radical (unpaired) electrons. The topological polar surface area (TPSA) is 72.9 Å². The number of halogens is 1. The van der Waals surface area contributed by atoms with Gasteiger partial charge in [-0.15, -0.1) is 0 Å². The summed E-state index contributed by atoms with van der Waals surface area (Å²) in [6.07, 6.45) is 0. The molecule has 16 heavy (non-hydrogen) atoms. The highest BCUT2D eigenvalue weighted by Gasteiger charge is 2.19. The highest BCUT2D eigenvalue weighted by Crippen LogP contribution is 1.98. The zero-order chi connectivity index (χ0) is 12.6. The van der Waals surface area contributed by atoms with E-state index in [0.717, 1.165) is 4.90 Å². The lowest BCUT2D eigenvalue weighted by molar-refractivity contribution is -0.146. The number of hydrogen-bond donors (Lipinski definition) is 0. The molecule has 0 aliphatic rings. The Bertz CT molecular complexity index is 249. The van der Waals surface area contributed by atoms with Crippen LogP contribution in [0.4, 0.5) is 4.79 Å². The summed E-state index contributed by atoms with van der Waals surface area (Å²) in [7, 11) is 0. The van der Waals surface area contributed by atoms with E-state index in [1.807, 2.05) is 0 Å². The first-order valence-electron chi connectivity index (χ1n) is 4.76. The van der Waals surface area contributed by atoms with E-state index >= 15 is 0 Å². The van der Waals surface area contributed by atoms with Crippen LogP contribution in [0.25, 0.3) is 0 Å². The Balaban J connectivity index is 4.22. The van der Waals surface area contributed by atoms with Gasteiger partial charge in [0.05, 0.1) is 13.2 Å². The fourth-order valence-electron chi connectivity index (χ4n) is 0.905. The van der Waals surface area contributed by atoms with Crippen LogP contribution in [0.1, 0.15) is 13.8 Å². The third-order valence-corrected chi connectivity index (χ3v) is 1.74. The maximum atomic E-state index is 11.1. The van der Waals surface area contributed by atoms with E-state index in [4.69, 9.17) is 11.6 Å². The molecule has 0 aromatic heterocycles. The second-order valence-corrected chi connectivity index (χ2v) is 3.04. The maximum Gasteiger partial charge on any atom is 0.325 e. The molecule has 0 bridgehead atoms. The molecular formula is C9H14ClNO5. The van der Waals surface area contributed by atoms with Crippen LogP contribution >= 0.6 is 11.6 Å². The van der Waals surface area contributed by atoms with E-state index < -0.39 is 17.3 Å². The minimum absolute atomic E-state index is 0.197. The zero-order valence-corrected chi connectivity index (χ0v) is 9.95. The van der Waals surface area contributed by atoms with Gasteiger partial charge in [0.15, 0.2) is 0 Å². The first kappa shape index (κ1) is 14.7. The fourth-order valence-corrected chi connectivity index (χ4v) is 1.02. The number of hydrogen-bond acceptors (Lipinski definition) is 5. The van der Waals surface area contributed by atoms with Gasteiger partial charge in [0, 0.05) is 0 Å². The summed E-state index contributed by atoms with van der Waals surface area (Å²) >= 11 is 5.20. The standard InChI is InChI=1S/C9H14ClNO5/c1-3-15-7(12)5-11(9(10)14)6-8(13)16-4-2/h3-6H2,1-2H3. The Kier molecular flexibility index (Phi) is 7.28. The summed E-state index contributed by atoms with van der Waals surface area (Å²) < 4.78 is 9.24. The lowest BCUT2D eigenvalue weighted by Crippen LogP contribution is -2.37. The molecular weight excluding hydrogens is 238 g/mol. The summed E-state index contributed by atoms with van der Waals surface area (Å²) in [5, 5.41) is -0.902. The molecule has 0 atom stereocenters. The summed E-state index contributed by atoms with van der Waals surface area (Å²) in [6.45, 7) is 2.93. The fraction of sp³-hybridized carbons (Fsp3) is 0.667. The molecule has 6 nitrogen and oxygen atoms in total. The second-order valence-electron chi connectivity index (χ2n) is 2.72. The number of rotatable bonds is 6. The average Bonchev–Trinajstić information content (AvgIpc) is 2.17. The van der Waals surface area contributed by atoms with Crippen molar-refractivity contribution in [2.75, 3.05) is 26.3 Å². The molecule has 0 spiro atoms. The van der Waals surface area contributed by atoms with E-state index in [1.54, 1.807) is 13.8 Å². The van der Waals surface area contributed by atoms with Crippen molar-refractivity contribution in [1.29, 1.82) is 0 Å². The van der Waals surface area contributed by atoms with E-state index in [2.05, 4.69) is 9.47 Å². The molecule has 1 amide bonds. The van der Waals surface area contributed by atoms with Crippen LogP contribution in [-0.2, 0) is 19.1 Å². The lowest BCUT2D eigenvalue weighted by Gasteiger charge is -2.17. The van der Waals surface area contributed by atoms with Gasteiger partial charge in [-0.1, -0.05) is 0 Å². The predicted molar refractivity (Wildman–Crippen MR) is 56.1 cm³/mol. The van der Waals surface area contributed by atoms with Crippen molar-refractivity contribution in [2.45, 2.75) is 13.8 Å². The molecule has 92 valence electrons. The molecule has 0 saturated heterocycles. The SMILES string of the molecule is CCOC(=O)CN(CC(=O)OCC)C(=O)Cl. The summed E-state index contributed by atoms with van der Waals surface area (Å²) in [6, 6.07) is 0. The van der Waals surface area contributed by atoms with Gasteiger partial charge in [-0.3, -0.25) is 14.4 Å². The number of carbonyl (C=O) groups excluding carboxylic acids is 3. The minimum Gasteiger partial charge on any atom is -0.465 e. The quantitative estimate of drug-likeness (QED) is 0.396. The number of esters is 2. The molecule has 0 aromatic rings. The normalized spacial score (nSPS) is 9.44. The van der Waals surface area contributed by atoms with E-state index in [1.165, 1.54) is 0 Å². The van der Waals surface area contributed by atoms with Crippen LogP contribution in [0.15, 0.2) is 0 Å². The zero-order valence-electron chi connectivity index (χ0n) is 9.19. The van der Waals surface area contributed by atoms with Crippen molar-refractivity contribution in [2.24, 2.45) is 0 Å². The van der Waals surface area contributed by atoms with Gasteiger partial charge in [0.2, 0.25) is 0 Å². The van der Waals surface area contributed by atoms with Crippen LogP contribution in [0.5, 0.6) is 0 Å². The second kappa shape index (κ2) is 7.92. The van der Waals surface area contributed by atoms with Crippen LogP contribution < -0.4 is 0 Å². The Morgan fingerprint density at radius 1 is 1.00 bits per heavy atom. The molecule has 0 aliphatic carbocycles. The van der Waals surface area contributed by atoms with Crippen LogP contribution in [0.3, 0.4) is 0 Å². The van der Waals surface area contributed by atoms with Gasteiger partial charge in [0.1, 0.15) is 13.1 Å². The van der Waals surface area contributed by atoms with Crippen LogP contribution in [0.2, 0.25) is 0 Å². The molecule has 0 rings (SSSR count). The third-order valence-electron chi connectivity index (χ3n) is 1.50. The van der Waals surface area contributed by atoms with Gasteiger partial charge in [-0.2, -0.15) is 0 Å². The van der Waals surface area contributed by atoms with Crippen molar-refractivity contribution in [3.8, 4) is 0 Å². The number of amides is 1. The number of carbonyl (C=O) groups is 3. The smallest absolute Gasteiger partial charge is 0.325 e. The largest absolute Gasteiger partial charge is 0.465 e. The van der Waals surface area contributed by atoms with Crippen LogP contribution in [0, 0.1) is 0 Å². The summed E-state index contributed by atoms with van der Waals surface area (Å²) in [5.41, 5.74) is 0. The lowest BCUT2D eigenvalue weighted by atomic mass is 10.5. The van der Waals surface area contributed by atoms with Crippen molar-refractivity contribution in [3.05, 3.63) is 0 Å². The molecule has 0 aliphatic heterocycles. The first-order chi connectivity index (χ1) is 7.51. The Morgan fingerprint density at radius 2 is 1.38 bits per heavy atom. The molecule has 7 heteroatoms. The highest BCUT2D eigenvalue weighted by atomic mass is 35.5. The Hall–Kier alpha value is -1.30. The maximum absolute atomic E-state index is 11.1. The summed E-state index contributed by atoms with van der Waals surface area (Å²) in [5.74, 6) is -1.25. The highest BCUT2D eigenvalue weighted by molar-refractivity contribution is 6.63. The Labute approximate surface area is 98.4 Å². The molecule has 0 heterocycles. The van der Waals surface area contributed by atoms with Gasteiger partial charge >= 0.3 is 17.3 Å². The number of nitrogens with zero attached hydrogens (tertiary/aromatic N) is 1. The number of ether oxygens (including phenoxy) is 2. The monoisotopic (exact) mass is 251 g/mol. The minimum atomic E-state index is -0.902. The molecule has 0 fully saturated rings. The van der Waals surface area contributed by atoms with E-state index in [9.17, 15) is 14.4 Å². The average molecular weight is 252 g/mol. The predicted octanol–water partition coefficient (Wildman–Crippen LogP) is 0.773. The molecule has 0 unspecified atom stereocenters. The van der Waals surface area contributed by atoms with Gasteiger partial charge in [-0.05, 0) is 25.4 Å². The molecule has 0 saturated carbocycles. The van der Waals surface area contributed by atoms with Gasteiger partial charge < -0.3 is 14.4 Å². The van der Waals surface area contributed by atoms with Gasteiger partial charge in [0.25, 0.3) is 0 Å². The van der Waals surface area contributed by atoms with Crippen molar-refractivity contribution in [1.82, 2.24) is 4.90 Å².